The zero-order valence-electron chi connectivity index (χ0n) is 16.2. The van der Waals surface area contributed by atoms with Crippen LogP contribution in [0.2, 0.25) is 0 Å². The SMILES string of the molecule is CCc1ccc(OCC(=O)Oc2ccc(/C=C(/C#N)c3ccccc3)cc2)cc1. The van der Waals surface area contributed by atoms with Crippen LogP contribution >= 0.6 is 0 Å². The van der Waals surface area contributed by atoms with Crippen LogP contribution in [0.3, 0.4) is 0 Å². The molecule has 0 spiro atoms. The molecule has 0 atom stereocenters. The molecule has 144 valence electrons. The van der Waals surface area contributed by atoms with Crippen LogP contribution in [0.15, 0.2) is 78.9 Å². The van der Waals surface area contributed by atoms with Gasteiger partial charge in [0, 0.05) is 0 Å². The van der Waals surface area contributed by atoms with Gasteiger partial charge in [0.15, 0.2) is 6.61 Å². The van der Waals surface area contributed by atoms with Crippen molar-refractivity contribution in [2.24, 2.45) is 0 Å². The van der Waals surface area contributed by atoms with Gasteiger partial charge in [-0.1, -0.05) is 61.5 Å². The minimum Gasteiger partial charge on any atom is -0.482 e. The summed E-state index contributed by atoms with van der Waals surface area (Å²) in [7, 11) is 0. The number of ether oxygens (including phenoxy) is 2. The van der Waals surface area contributed by atoms with Crippen LogP contribution in [-0.4, -0.2) is 12.6 Å². The van der Waals surface area contributed by atoms with Crippen molar-refractivity contribution in [3.63, 3.8) is 0 Å². The molecule has 0 aromatic heterocycles. The molecule has 0 aliphatic rings. The normalized spacial score (nSPS) is 10.8. The molecule has 0 saturated carbocycles. The van der Waals surface area contributed by atoms with Crippen molar-refractivity contribution in [1.29, 1.82) is 5.26 Å². The van der Waals surface area contributed by atoms with Crippen LogP contribution in [0.25, 0.3) is 11.6 Å². The molecule has 0 aliphatic carbocycles. The summed E-state index contributed by atoms with van der Waals surface area (Å²) in [6.45, 7) is 1.91. The number of rotatable bonds is 7. The number of hydrogen-bond donors (Lipinski definition) is 0. The summed E-state index contributed by atoms with van der Waals surface area (Å²) in [5.74, 6) is 0.578. The molecule has 0 radical (unpaired) electrons. The summed E-state index contributed by atoms with van der Waals surface area (Å²) < 4.78 is 10.8. The number of carbonyl (C=O) groups is 1. The van der Waals surface area contributed by atoms with Gasteiger partial charge in [0.05, 0.1) is 11.6 Å². The van der Waals surface area contributed by atoms with Crippen LogP contribution in [0.1, 0.15) is 23.6 Å². The second-order valence-corrected chi connectivity index (χ2v) is 6.37. The Morgan fingerprint density at radius 1 is 0.931 bits per heavy atom. The van der Waals surface area contributed by atoms with Crippen molar-refractivity contribution in [2.75, 3.05) is 6.61 Å². The fourth-order valence-electron chi connectivity index (χ4n) is 2.72. The number of hydrogen-bond acceptors (Lipinski definition) is 4. The maximum absolute atomic E-state index is 12.0. The predicted molar refractivity (Wildman–Crippen MR) is 113 cm³/mol. The lowest BCUT2D eigenvalue weighted by Crippen LogP contribution is -2.17. The number of carbonyl (C=O) groups excluding carboxylic acids is 1. The Bertz CT molecular complexity index is 1010. The van der Waals surface area contributed by atoms with Gasteiger partial charge in [-0.2, -0.15) is 5.26 Å². The number of allylic oxidation sites excluding steroid dienone is 1. The highest BCUT2D eigenvalue weighted by Crippen LogP contribution is 2.20. The third-order valence-corrected chi connectivity index (χ3v) is 4.32. The average Bonchev–Trinajstić information content (AvgIpc) is 2.78. The Morgan fingerprint density at radius 2 is 1.59 bits per heavy atom. The lowest BCUT2D eigenvalue weighted by Gasteiger charge is -2.07. The minimum atomic E-state index is -0.477. The van der Waals surface area contributed by atoms with Crippen molar-refractivity contribution in [3.8, 4) is 17.6 Å². The molecule has 0 aliphatic heterocycles. The number of nitrogens with zero attached hydrogens (tertiary/aromatic N) is 1. The van der Waals surface area contributed by atoms with E-state index in [4.69, 9.17) is 9.47 Å². The summed E-state index contributed by atoms with van der Waals surface area (Å²) in [6.07, 6.45) is 2.75. The van der Waals surface area contributed by atoms with Crippen molar-refractivity contribution < 1.29 is 14.3 Å². The maximum Gasteiger partial charge on any atom is 0.349 e. The smallest absolute Gasteiger partial charge is 0.349 e. The Kier molecular flexibility index (Phi) is 6.80. The topological polar surface area (TPSA) is 59.3 Å². The van der Waals surface area contributed by atoms with E-state index in [0.29, 0.717) is 17.1 Å². The summed E-state index contributed by atoms with van der Waals surface area (Å²) >= 11 is 0. The molecule has 3 rings (SSSR count). The Hall–Kier alpha value is -3.84. The predicted octanol–water partition coefficient (Wildman–Crippen LogP) is 5.30. The van der Waals surface area contributed by atoms with Gasteiger partial charge in [0.25, 0.3) is 0 Å². The van der Waals surface area contributed by atoms with Gasteiger partial charge in [-0.05, 0) is 53.5 Å². The summed E-state index contributed by atoms with van der Waals surface area (Å²) in [5, 5.41) is 9.40. The van der Waals surface area contributed by atoms with E-state index in [2.05, 4.69) is 13.0 Å². The molecule has 0 bridgehead atoms. The molecule has 4 nitrogen and oxygen atoms in total. The highest BCUT2D eigenvalue weighted by molar-refractivity contribution is 5.89. The number of nitriles is 1. The number of esters is 1. The Labute approximate surface area is 170 Å². The van der Waals surface area contributed by atoms with Crippen LogP contribution in [-0.2, 0) is 11.2 Å². The molecule has 3 aromatic rings. The van der Waals surface area contributed by atoms with Gasteiger partial charge < -0.3 is 9.47 Å². The zero-order valence-corrected chi connectivity index (χ0v) is 16.2. The van der Waals surface area contributed by atoms with Crippen molar-refractivity contribution in [3.05, 3.63) is 95.6 Å². The largest absolute Gasteiger partial charge is 0.482 e. The highest BCUT2D eigenvalue weighted by atomic mass is 16.6. The molecule has 3 aromatic carbocycles. The van der Waals surface area contributed by atoms with Gasteiger partial charge in [-0.15, -0.1) is 0 Å². The molecule has 0 unspecified atom stereocenters. The molecule has 0 amide bonds. The molecule has 0 fully saturated rings. The lowest BCUT2D eigenvalue weighted by atomic mass is 10.0. The quantitative estimate of drug-likeness (QED) is 0.240. The summed E-state index contributed by atoms with van der Waals surface area (Å²) in [4.78, 5) is 12.0. The third kappa shape index (κ3) is 5.82. The van der Waals surface area contributed by atoms with Gasteiger partial charge >= 0.3 is 5.97 Å². The van der Waals surface area contributed by atoms with Crippen LogP contribution in [0.5, 0.6) is 11.5 Å². The van der Waals surface area contributed by atoms with E-state index in [-0.39, 0.29) is 6.61 Å². The van der Waals surface area contributed by atoms with Crippen molar-refractivity contribution in [1.82, 2.24) is 0 Å². The van der Waals surface area contributed by atoms with E-state index in [1.807, 2.05) is 54.6 Å². The first-order valence-corrected chi connectivity index (χ1v) is 9.37. The van der Waals surface area contributed by atoms with Crippen LogP contribution < -0.4 is 9.47 Å². The molecule has 0 saturated heterocycles. The van der Waals surface area contributed by atoms with Gasteiger partial charge in [-0.3, -0.25) is 0 Å². The zero-order chi connectivity index (χ0) is 20.5. The van der Waals surface area contributed by atoms with Gasteiger partial charge in [0.2, 0.25) is 0 Å². The van der Waals surface area contributed by atoms with Crippen LogP contribution in [0, 0.1) is 11.3 Å². The van der Waals surface area contributed by atoms with E-state index in [0.717, 1.165) is 17.5 Å². The second-order valence-electron chi connectivity index (χ2n) is 6.37. The number of aryl methyl sites for hydroxylation is 1. The first-order valence-electron chi connectivity index (χ1n) is 9.37. The minimum absolute atomic E-state index is 0.167. The van der Waals surface area contributed by atoms with Crippen molar-refractivity contribution in [2.45, 2.75) is 13.3 Å². The van der Waals surface area contributed by atoms with Gasteiger partial charge in [-0.25, -0.2) is 4.79 Å². The van der Waals surface area contributed by atoms with Crippen LogP contribution in [0.4, 0.5) is 0 Å². The third-order valence-electron chi connectivity index (χ3n) is 4.32. The molecular weight excluding hydrogens is 362 g/mol. The Balaban J connectivity index is 1.57. The second kappa shape index (κ2) is 9.91. The summed E-state index contributed by atoms with van der Waals surface area (Å²) in [5.41, 5.74) is 3.48. The standard InChI is InChI=1S/C25H21NO3/c1-2-19-8-12-23(13-9-19)28-18-25(27)29-24-14-10-20(11-15-24)16-22(17-26)21-6-4-3-5-7-21/h3-16H,2,18H2,1H3/b22-16-. The fraction of sp³-hybridized carbons (Fsp3) is 0.120. The van der Waals surface area contributed by atoms with E-state index in [1.165, 1.54) is 5.56 Å². The van der Waals surface area contributed by atoms with Crippen molar-refractivity contribution >= 4 is 17.6 Å². The summed E-state index contributed by atoms with van der Waals surface area (Å²) in [6, 6.07) is 26.3. The molecule has 0 N–H and O–H groups in total. The fourth-order valence-corrected chi connectivity index (χ4v) is 2.72. The highest BCUT2D eigenvalue weighted by Gasteiger charge is 2.07. The van der Waals surface area contributed by atoms with E-state index in [1.54, 1.807) is 30.3 Å². The molecule has 29 heavy (non-hydrogen) atoms. The maximum atomic E-state index is 12.0. The average molecular weight is 383 g/mol. The monoisotopic (exact) mass is 383 g/mol. The number of benzene rings is 3. The molecule has 0 heterocycles. The Morgan fingerprint density at radius 3 is 2.21 bits per heavy atom. The first kappa shape index (κ1) is 19.9. The lowest BCUT2D eigenvalue weighted by molar-refractivity contribution is -0.136. The van der Waals surface area contributed by atoms with E-state index >= 15 is 0 Å². The first-order chi connectivity index (χ1) is 14.2. The van der Waals surface area contributed by atoms with E-state index in [9.17, 15) is 10.1 Å². The van der Waals surface area contributed by atoms with Gasteiger partial charge in [0.1, 0.15) is 11.5 Å². The molecule has 4 heteroatoms. The van der Waals surface area contributed by atoms with E-state index < -0.39 is 5.97 Å². The molecular formula is C25H21NO3.